The van der Waals surface area contributed by atoms with Crippen molar-refractivity contribution < 1.29 is 17.9 Å². The fourth-order valence-corrected chi connectivity index (χ4v) is 4.72. The summed E-state index contributed by atoms with van der Waals surface area (Å²) in [7, 11) is -2.25. The molecule has 2 aromatic carbocycles. The zero-order valence-electron chi connectivity index (χ0n) is 14.4. The Labute approximate surface area is 158 Å². The molecule has 0 bridgehead atoms. The summed E-state index contributed by atoms with van der Waals surface area (Å²) in [6, 6.07) is 12.3. The molecule has 26 heavy (non-hydrogen) atoms. The molecule has 1 unspecified atom stereocenters. The quantitative estimate of drug-likeness (QED) is 0.799. The monoisotopic (exact) mass is 394 g/mol. The number of methoxy groups -OCH3 is 1. The molecular formula is C18H19ClN2O4S. The zero-order valence-corrected chi connectivity index (χ0v) is 16.0. The molecule has 138 valence electrons. The van der Waals surface area contributed by atoms with E-state index in [0.29, 0.717) is 16.5 Å². The van der Waals surface area contributed by atoms with Crippen LogP contribution in [0, 0.1) is 0 Å². The summed E-state index contributed by atoms with van der Waals surface area (Å²) in [6.07, 6.45) is 0. The molecule has 1 atom stereocenters. The number of para-hydroxylation sites is 2. The van der Waals surface area contributed by atoms with Crippen molar-refractivity contribution in [2.24, 2.45) is 0 Å². The van der Waals surface area contributed by atoms with E-state index in [1.165, 1.54) is 35.7 Å². The van der Waals surface area contributed by atoms with Crippen LogP contribution in [0.25, 0.3) is 0 Å². The summed E-state index contributed by atoms with van der Waals surface area (Å²) in [5.41, 5.74) is 0.635. The molecule has 0 radical (unpaired) electrons. The summed E-state index contributed by atoms with van der Waals surface area (Å²) in [5, 5.41) is 0.453. The van der Waals surface area contributed by atoms with Crippen molar-refractivity contribution in [3.05, 3.63) is 53.6 Å². The number of halogens is 1. The Balaban J connectivity index is 1.89. The number of ether oxygens (including phenoxy) is 1. The largest absolute Gasteiger partial charge is 0.495 e. The Hall–Kier alpha value is -2.09. The first kappa shape index (κ1) is 18.7. The molecule has 1 aliphatic heterocycles. The normalized spacial score (nSPS) is 18.8. The van der Waals surface area contributed by atoms with Gasteiger partial charge in [0.05, 0.1) is 17.7 Å². The van der Waals surface area contributed by atoms with Gasteiger partial charge in [0, 0.05) is 18.1 Å². The number of rotatable bonds is 4. The molecule has 0 saturated carbocycles. The van der Waals surface area contributed by atoms with Crippen molar-refractivity contribution in [1.29, 1.82) is 0 Å². The number of nitrogens with zero attached hydrogens (tertiary/aromatic N) is 2. The Morgan fingerprint density at radius 3 is 2.38 bits per heavy atom. The van der Waals surface area contributed by atoms with Crippen LogP contribution in [0.4, 0.5) is 5.69 Å². The predicted octanol–water partition coefficient (Wildman–Crippen LogP) is 2.77. The topological polar surface area (TPSA) is 66.9 Å². The predicted molar refractivity (Wildman–Crippen MR) is 100 cm³/mol. The molecule has 2 aromatic rings. The summed E-state index contributed by atoms with van der Waals surface area (Å²) in [5.74, 6) is 0.278. The fourth-order valence-electron chi connectivity index (χ4n) is 3.01. The van der Waals surface area contributed by atoms with Gasteiger partial charge >= 0.3 is 0 Å². The second kappa shape index (κ2) is 7.26. The second-order valence-corrected chi connectivity index (χ2v) is 8.23. The van der Waals surface area contributed by atoms with E-state index in [0.717, 1.165) is 0 Å². The van der Waals surface area contributed by atoms with Gasteiger partial charge in [-0.1, -0.05) is 23.7 Å². The number of carbonyl (C=O) groups is 1. The van der Waals surface area contributed by atoms with Crippen LogP contribution >= 0.6 is 11.6 Å². The third-order valence-electron chi connectivity index (χ3n) is 4.40. The zero-order chi connectivity index (χ0) is 18.9. The van der Waals surface area contributed by atoms with Gasteiger partial charge in [0.2, 0.25) is 15.9 Å². The van der Waals surface area contributed by atoms with Crippen LogP contribution in [-0.4, -0.2) is 44.9 Å². The summed E-state index contributed by atoms with van der Waals surface area (Å²) >= 11 is 5.83. The Morgan fingerprint density at radius 1 is 1.08 bits per heavy atom. The van der Waals surface area contributed by atoms with Crippen LogP contribution < -0.4 is 9.64 Å². The van der Waals surface area contributed by atoms with E-state index in [1.807, 2.05) is 12.1 Å². The van der Waals surface area contributed by atoms with Crippen molar-refractivity contribution in [2.45, 2.75) is 17.9 Å². The first-order chi connectivity index (χ1) is 12.4. The van der Waals surface area contributed by atoms with Crippen molar-refractivity contribution in [3.8, 4) is 5.75 Å². The van der Waals surface area contributed by atoms with E-state index >= 15 is 0 Å². The van der Waals surface area contributed by atoms with Gasteiger partial charge in [0.1, 0.15) is 11.8 Å². The maximum atomic E-state index is 12.9. The van der Waals surface area contributed by atoms with Gasteiger partial charge in [0.15, 0.2) is 0 Å². The Morgan fingerprint density at radius 2 is 1.73 bits per heavy atom. The summed E-state index contributed by atoms with van der Waals surface area (Å²) < 4.78 is 32.4. The first-order valence-electron chi connectivity index (χ1n) is 8.08. The molecule has 3 rings (SSSR count). The van der Waals surface area contributed by atoms with Crippen LogP contribution in [0.5, 0.6) is 5.75 Å². The average Bonchev–Trinajstić information content (AvgIpc) is 2.64. The van der Waals surface area contributed by atoms with Gasteiger partial charge in [0.25, 0.3) is 0 Å². The van der Waals surface area contributed by atoms with Crippen molar-refractivity contribution >= 4 is 33.2 Å². The molecule has 1 aliphatic rings. The van der Waals surface area contributed by atoms with Gasteiger partial charge in [-0.2, -0.15) is 4.31 Å². The van der Waals surface area contributed by atoms with E-state index in [9.17, 15) is 13.2 Å². The summed E-state index contributed by atoms with van der Waals surface area (Å²) in [6.45, 7) is 2.03. The van der Waals surface area contributed by atoms with Gasteiger partial charge in [-0.3, -0.25) is 4.79 Å². The molecule has 1 heterocycles. The van der Waals surface area contributed by atoms with E-state index < -0.39 is 16.1 Å². The summed E-state index contributed by atoms with van der Waals surface area (Å²) in [4.78, 5) is 14.6. The molecule has 6 nitrogen and oxygen atoms in total. The lowest BCUT2D eigenvalue weighted by Crippen LogP contribution is -2.57. The highest BCUT2D eigenvalue weighted by Crippen LogP contribution is 2.31. The number of hydrogen-bond donors (Lipinski definition) is 0. The molecule has 8 heteroatoms. The lowest BCUT2D eigenvalue weighted by atomic mass is 10.2. The standard InChI is InChI=1S/C18H19ClN2O4S/c1-13-18(22)20(16-5-3-4-6-17(16)25-2)11-12-21(13)26(23,24)15-9-7-14(19)8-10-15/h3-10,13H,11-12H2,1-2H3. The van der Waals surface area contributed by atoms with Crippen LogP contribution in [0.3, 0.4) is 0 Å². The lowest BCUT2D eigenvalue weighted by molar-refractivity contribution is -0.123. The number of carbonyl (C=O) groups excluding carboxylic acids is 1. The van der Waals surface area contributed by atoms with E-state index in [1.54, 1.807) is 24.0 Å². The minimum atomic E-state index is -3.79. The molecule has 1 fully saturated rings. The highest BCUT2D eigenvalue weighted by atomic mass is 35.5. The fraction of sp³-hybridized carbons (Fsp3) is 0.278. The molecule has 0 aliphatic carbocycles. The first-order valence-corrected chi connectivity index (χ1v) is 9.90. The molecule has 1 amide bonds. The van der Waals surface area contributed by atoms with E-state index in [2.05, 4.69) is 0 Å². The number of hydrogen-bond acceptors (Lipinski definition) is 4. The van der Waals surface area contributed by atoms with E-state index in [4.69, 9.17) is 16.3 Å². The molecule has 0 aromatic heterocycles. The smallest absolute Gasteiger partial charge is 0.245 e. The average molecular weight is 395 g/mol. The maximum Gasteiger partial charge on any atom is 0.245 e. The van der Waals surface area contributed by atoms with Gasteiger partial charge in [-0.15, -0.1) is 0 Å². The lowest BCUT2D eigenvalue weighted by Gasteiger charge is -2.38. The molecule has 0 N–H and O–H groups in total. The van der Waals surface area contributed by atoms with Crippen molar-refractivity contribution in [3.63, 3.8) is 0 Å². The molecule has 1 saturated heterocycles. The van der Waals surface area contributed by atoms with Gasteiger partial charge in [-0.25, -0.2) is 8.42 Å². The highest BCUT2D eigenvalue weighted by Gasteiger charge is 2.40. The molecular weight excluding hydrogens is 376 g/mol. The van der Waals surface area contributed by atoms with Crippen LogP contribution in [0.2, 0.25) is 5.02 Å². The number of amides is 1. The third kappa shape index (κ3) is 3.30. The van der Waals surface area contributed by atoms with Crippen molar-refractivity contribution in [1.82, 2.24) is 4.31 Å². The Kier molecular flexibility index (Phi) is 5.22. The van der Waals surface area contributed by atoms with Crippen LogP contribution in [0.1, 0.15) is 6.92 Å². The third-order valence-corrected chi connectivity index (χ3v) is 6.63. The number of anilines is 1. The van der Waals surface area contributed by atoms with Crippen LogP contribution in [0.15, 0.2) is 53.4 Å². The van der Waals surface area contributed by atoms with Crippen molar-refractivity contribution in [2.75, 3.05) is 25.1 Å². The number of sulfonamides is 1. The highest BCUT2D eigenvalue weighted by molar-refractivity contribution is 7.89. The van der Waals surface area contributed by atoms with E-state index in [-0.39, 0.29) is 23.9 Å². The maximum absolute atomic E-state index is 12.9. The van der Waals surface area contributed by atoms with Gasteiger partial charge in [-0.05, 0) is 43.3 Å². The van der Waals surface area contributed by atoms with Crippen LogP contribution in [-0.2, 0) is 14.8 Å². The number of benzene rings is 2. The number of piperazine rings is 1. The minimum absolute atomic E-state index is 0.118. The minimum Gasteiger partial charge on any atom is -0.495 e. The second-order valence-electron chi connectivity index (χ2n) is 5.91. The van der Waals surface area contributed by atoms with Gasteiger partial charge < -0.3 is 9.64 Å². The Bertz CT molecular complexity index is 915. The molecule has 0 spiro atoms. The SMILES string of the molecule is COc1ccccc1N1CCN(S(=O)(=O)c2ccc(Cl)cc2)C(C)C1=O.